The third kappa shape index (κ3) is 3.52. The number of carbonyl (C=O) groups excluding carboxylic acids is 1. The molecule has 0 aromatic heterocycles. The predicted molar refractivity (Wildman–Crippen MR) is 95.1 cm³/mol. The molecular weight excluding hydrogens is 322 g/mol. The van der Waals surface area contributed by atoms with Gasteiger partial charge in [0.25, 0.3) is 5.91 Å². The van der Waals surface area contributed by atoms with E-state index < -0.39 is 0 Å². The second-order valence-corrected chi connectivity index (χ2v) is 6.25. The molecule has 2 aromatic carbocycles. The molecule has 5 heteroatoms. The minimum Gasteiger partial charge on any atom is -0.380 e. The van der Waals surface area contributed by atoms with Crippen LogP contribution in [-0.2, 0) is 6.54 Å². The van der Waals surface area contributed by atoms with E-state index in [1.165, 1.54) is 0 Å². The van der Waals surface area contributed by atoms with E-state index >= 15 is 0 Å². The zero-order valence-corrected chi connectivity index (χ0v) is 14.0. The molecule has 0 unspecified atom stereocenters. The van der Waals surface area contributed by atoms with E-state index in [2.05, 4.69) is 11.4 Å². The van der Waals surface area contributed by atoms with Crippen LogP contribution >= 0.6 is 11.6 Å². The number of nitrogens with zero attached hydrogens (tertiary/aromatic N) is 2. The summed E-state index contributed by atoms with van der Waals surface area (Å²) in [6, 6.07) is 14.9. The van der Waals surface area contributed by atoms with Crippen molar-refractivity contribution < 1.29 is 4.79 Å². The maximum Gasteiger partial charge on any atom is 0.256 e. The Morgan fingerprint density at radius 3 is 2.71 bits per heavy atom. The summed E-state index contributed by atoms with van der Waals surface area (Å²) in [7, 11) is 0. The number of carbonyl (C=O) groups is 1. The highest BCUT2D eigenvalue weighted by Crippen LogP contribution is 2.25. The van der Waals surface area contributed by atoms with Gasteiger partial charge in [-0.1, -0.05) is 29.8 Å². The average molecular weight is 340 g/mol. The van der Waals surface area contributed by atoms with Crippen LogP contribution in [0.15, 0.2) is 42.5 Å². The summed E-state index contributed by atoms with van der Waals surface area (Å²) in [6.07, 6.45) is 2.09. The standard InChI is InChI=1S/C19H18ClN3O/c20-16-7-8-18(17(11-16)19(24)23-9-3-4-10-23)22-13-15-6-2-1-5-14(15)12-21/h1-2,5-8,11,22H,3-4,9-10,13H2. The minimum atomic E-state index is 0.00562. The van der Waals surface area contributed by atoms with Crippen molar-refractivity contribution in [1.82, 2.24) is 4.90 Å². The number of likely N-dealkylation sites (tertiary alicyclic amines) is 1. The number of rotatable bonds is 4. The van der Waals surface area contributed by atoms with Gasteiger partial charge in [0.15, 0.2) is 0 Å². The van der Waals surface area contributed by atoms with Gasteiger partial charge in [0.2, 0.25) is 0 Å². The summed E-state index contributed by atoms with van der Waals surface area (Å²) in [5.74, 6) is 0.00562. The number of benzene rings is 2. The third-order valence-corrected chi connectivity index (χ3v) is 4.45. The fourth-order valence-electron chi connectivity index (χ4n) is 2.91. The Balaban J connectivity index is 1.83. The highest BCUT2D eigenvalue weighted by atomic mass is 35.5. The topological polar surface area (TPSA) is 56.1 Å². The Hall–Kier alpha value is -2.51. The summed E-state index contributed by atoms with van der Waals surface area (Å²) in [6.45, 7) is 2.07. The van der Waals surface area contributed by atoms with Gasteiger partial charge in [0, 0.05) is 30.3 Å². The van der Waals surface area contributed by atoms with Gasteiger partial charge >= 0.3 is 0 Å². The van der Waals surface area contributed by atoms with Crippen molar-refractivity contribution in [2.45, 2.75) is 19.4 Å². The van der Waals surface area contributed by atoms with Crippen molar-refractivity contribution in [2.75, 3.05) is 18.4 Å². The second-order valence-electron chi connectivity index (χ2n) is 5.81. The van der Waals surface area contributed by atoms with E-state index in [4.69, 9.17) is 11.6 Å². The summed E-state index contributed by atoms with van der Waals surface area (Å²) in [5, 5.41) is 13.0. The van der Waals surface area contributed by atoms with Gasteiger partial charge in [0.1, 0.15) is 0 Å². The summed E-state index contributed by atoms with van der Waals surface area (Å²) < 4.78 is 0. The van der Waals surface area contributed by atoms with E-state index in [0.717, 1.165) is 37.2 Å². The Morgan fingerprint density at radius 2 is 1.96 bits per heavy atom. The first-order valence-corrected chi connectivity index (χ1v) is 8.37. The van der Waals surface area contributed by atoms with Crippen molar-refractivity contribution in [1.29, 1.82) is 5.26 Å². The zero-order valence-electron chi connectivity index (χ0n) is 13.3. The number of nitriles is 1. The lowest BCUT2D eigenvalue weighted by Gasteiger charge is -2.19. The molecule has 1 fully saturated rings. The molecule has 2 aromatic rings. The Bertz CT molecular complexity index is 791. The van der Waals surface area contributed by atoms with Crippen LogP contribution in [0.25, 0.3) is 0 Å². The van der Waals surface area contributed by atoms with Crippen LogP contribution in [0.5, 0.6) is 0 Å². The molecule has 1 aliphatic rings. The molecule has 0 saturated carbocycles. The smallest absolute Gasteiger partial charge is 0.256 e. The maximum atomic E-state index is 12.7. The van der Waals surface area contributed by atoms with E-state index in [1.54, 1.807) is 18.2 Å². The average Bonchev–Trinajstić information content (AvgIpc) is 3.15. The molecule has 3 rings (SSSR count). The molecule has 24 heavy (non-hydrogen) atoms. The van der Waals surface area contributed by atoms with Gasteiger partial charge < -0.3 is 10.2 Å². The SMILES string of the molecule is N#Cc1ccccc1CNc1ccc(Cl)cc1C(=O)N1CCCC1. The molecule has 1 aliphatic heterocycles. The number of halogens is 1. The molecular formula is C19H18ClN3O. The van der Waals surface area contributed by atoms with Crippen molar-refractivity contribution in [3.8, 4) is 6.07 Å². The number of amides is 1. The van der Waals surface area contributed by atoms with Crippen LogP contribution in [0.3, 0.4) is 0 Å². The van der Waals surface area contributed by atoms with Gasteiger partial charge in [-0.2, -0.15) is 5.26 Å². The number of nitrogens with one attached hydrogen (secondary N) is 1. The van der Waals surface area contributed by atoms with Gasteiger partial charge in [-0.15, -0.1) is 0 Å². The van der Waals surface area contributed by atoms with Crippen LogP contribution in [0.1, 0.15) is 34.3 Å². The monoisotopic (exact) mass is 339 g/mol. The lowest BCUT2D eigenvalue weighted by molar-refractivity contribution is 0.0793. The van der Waals surface area contributed by atoms with Crippen molar-refractivity contribution in [2.24, 2.45) is 0 Å². The molecule has 0 aliphatic carbocycles. The molecule has 4 nitrogen and oxygen atoms in total. The number of anilines is 1. The predicted octanol–water partition coefficient (Wildman–Crippen LogP) is 4.06. The Labute approximate surface area is 146 Å². The fourth-order valence-corrected chi connectivity index (χ4v) is 3.08. The van der Waals surface area contributed by atoms with E-state index in [9.17, 15) is 10.1 Å². The Kier molecular flexibility index (Phi) is 5.02. The number of hydrogen-bond donors (Lipinski definition) is 1. The molecule has 0 radical (unpaired) electrons. The van der Waals surface area contributed by atoms with E-state index in [-0.39, 0.29) is 5.91 Å². The van der Waals surface area contributed by atoms with Crippen LogP contribution in [0, 0.1) is 11.3 Å². The van der Waals surface area contributed by atoms with Gasteiger partial charge in [0.05, 0.1) is 17.2 Å². The van der Waals surface area contributed by atoms with Crippen LogP contribution < -0.4 is 5.32 Å². The molecule has 0 bridgehead atoms. The van der Waals surface area contributed by atoms with Crippen LogP contribution in [-0.4, -0.2) is 23.9 Å². The summed E-state index contributed by atoms with van der Waals surface area (Å²) >= 11 is 6.09. The largest absolute Gasteiger partial charge is 0.380 e. The first-order chi connectivity index (χ1) is 11.7. The normalized spacial score (nSPS) is 13.6. The van der Waals surface area contributed by atoms with Gasteiger partial charge in [-0.25, -0.2) is 0 Å². The highest BCUT2D eigenvalue weighted by molar-refractivity contribution is 6.31. The molecule has 1 N–H and O–H groups in total. The minimum absolute atomic E-state index is 0.00562. The maximum absolute atomic E-state index is 12.7. The molecule has 122 valence electrons. The van der Waals surface area contributed by atoms with Crippen LogP contribution in [0.4, 0.5) is 5.69 Å². The van der Waals surface area contributed by atoms with Crippen molar-refractivity contribution in [3.05, 3.63) is 64.2 Å². The zero-order chi connectivity index (χ0) is 16.9. The van der Waals surface area contributed by atoms with Gasteiger partial charge in [-0.05, 0) is 42.7 Å². The van der Waals surface area contributed by atoms with Gasteiger partial charge in [-0.3, -0.25) is 4.79 Å². The van der Waals surface area contributed by atoms with Crippen molar-refractivity contribution >= 4 is 23.2 Å². The molecule has 0 atom stereocenters. The first-order valence-electron chi connectivity index (χ1n) is 8.00. The summed E-state index contributed by atoms with van der Waals surface area (Å²) in [5.41, 5.74) is 2.85. The Morgan fingerprint density at radius 1 is 1.21 bits per heavy atom. The molecule has 1 saturated heterocycles. The first kappa shape index (κ1) is 16.4. The lowest BCUT2D eigenvalue weighted by Crippen LogP contribution is -2.28. The van der Waals surface area contributed by atoms with E-state index in [1.807, 2.05) is 29.2 Å². The second kappa shape index (κ2) is 7.37. The quantitative estimate of drug-likeness (QED) is 0.913. The molecule has 1 heterocycles. The lowest BCUT2D eigenvalue weighted by atomic mass is 10.1. The van der Waals surface area contributed by atoms with E-state index in [0.29, 0.717) is 22.7 Å². The third-order valence-electron chi connectivity index (χ3n) is 4.21. The fraction of sp³-hybridized carbons (Fsp3) is 0.263. The van der Waals surface area contributed by atoms with Crippen LogP contribution in [0.2, 0.25) is 5.02 Å². The highest BCUT2D eigenvalue weighted by Gasteiger charge is 2.22. The number of hydrogen-bond acceptors (Lipinski definition) is 3. The van der Waals surface area contributed by atoms with Crippen molar-refractivity contribution in [3.63, 3.8) is 0 Å². The summed E-state index contributed by atoms with van der Waals surface area (Å²) in [4.78, 5) is 14.6. The molecule has 0 spiro atoms. The molecule has 1 amide bonds.